The number of ether oxygens (including phenoxy) is 1. The van der Waals surface area contributed by atoms with Crippen LogP contribution < -0.4 is 4.74 Å². The fourth-order valence-electron chi connectivity index (χ4n) is 3.53. The van der Waals surface area contributed by atoms with Gasteiger partial charge in [-0.25, -0.2) is 0 Å². The third-order valence-electron chi connectivity index (χ3n) is 4.97. The molecule has 6 nitrogen and oxygen atoms in total. The number of thioether (sulfide) groups is 1. The van der Waals surface area contributed by atoms with Gasteiger partial charge in [0.25, 0.3) is 0 Å². The van der Waals surface area contributed by atoms with Gasteiger partial charge < -0.3 is 9.64 Å². The smallest absolute Gasteiger partial charge is 0.196 e. The Hall–Kier alpha value is -2.38. The number of nitrogens with zero attached hydrogens (tertiary/aromatic N) is 5. The lowest BCUT2D eigenvalue weighted by Crippen LogP contribution is -2.31. The predicted octanol–water partition coefficient (Wildman–Crippen LogP) is 3.92. The number of pyridine rings is 1. The van der Waals surface area contributed by atoms with Crippen LogP contribution in [-0.2, 0) is 0 Å². The second-order valence-corrected chi connectivity index (χ2v) is 7.87. The van der Waals surface area contributed by atoms with Crippen molar-refractivity contribution in [3.05, 3.63) is 48.8 Å². The predicted molar refractivity (Wildman–Crippen MR) is 112 cm³/mol. The zero-order valence-electron chi connectivity index (χ0n) is 16.1. The number of hydrogen-bond acceptors (Lipinski definition) is 6. The zero-order chi connectivity index (χ0) is 19.2. The molecule has 0 aliphatic carbocycles. The van der Waals surface area contributed by atoms with Gasteiger partial charge in [0.05, 0.1) is 12.8 Å². The molecule has 3 heterocycles. The molecule has 0 bridgehead atoms. The van der Waals surface area contributed by atoms with Gasteiger partial charge in [-0.2, -0.15) is 0 Å². The van der Waals surface area contributed by atoms with Crippen molar-refractivity contribution in [2.45, 2.75) is 24.4 Å². The molecule has 146 valence electrons. The van der Waals surface area contributed by atoms with Crippen molar-refractivity contribution in [1.82, 2.24) is 24.6 Å². The average Bonchev–Trinajstić information content (AvgIpc) is 3.19. The molecule has 1 saturated heterocycles. The normalized spacial score (nSPS) is 14.9. The molecule has 0 radical (unpaired) electrons. The quantitative estimate of drug-likeness (QED) is 0.565. The Kier molecular flexibility index (Phi) is 6.24. The maximum atomic E-state index is 5.61. The van der Waals surface area contributed by atoms with Crippen LogP contribution in [0.25, 0.3) is 17.1 Å². The molecule has 3 aromatic rings. The van der Waals surface area contributed by atoms with Gasteiger partial charge in [0.15, 0.2) is 11.0 Å². The summed E-state index contributed by atoms with van der Waals surface area (Å²) in [4.78, 5) is 6.79. The standard InChI is InChI=1S/C21H25N5OS/c1-27-19-10-4-3-9-18(19)26-20(17-8-7-11-22-16-17)23-24-21(26)28-15-14-25-12-5-2-6-13-25/h3-4,7-11,16H,2,5-6,12-15H2,1H3. The van der Waals surface area contributed by atoms with Crippen molar-refractivity contribution in [2.24, 2.45) is 0 Å². The first-order valence-electron chi connectivity index (χ1n) is 9.71. The number of methoxy groups -OCH3 is 1. The number of hydrogen-bond donors (Lipinski definition) is 0. The van der Waals surface area contributed by atoms with Crippen LogP contribution in [0.2, 0.25) is 0 Å². The minimum absolute atomic E-state index is 0.776. The first kappa shape index (κ1) is 19.0. The monoisotopic (exact) mass is 395 g/mol. The summed E-state index contributed by atoms with van der Waals surface area (Å²) in [5.41, 5.74) is 1.87. The van der Waals surface area contributed by atoms with Crippen molar-refractivity contribution in [3.8, 4) is 22.8 Å². The molecule has 0 spiro atoms. The lowest BCUT2D eigenvalue weighted by Gasteiger charge is -2.26. The summed E-state index contributed by atoms with van der Waals surface area (Å²) in [6.07, 6.45) is 7.57. The largest absolute Gasteiger partial charge is 0.495 e. The first-order chi connectivity index (χ1) is 13.9. The Morgan fingerprint density at radius 3 is 2.68 bits per heavy atom. The molecule has 0 atom stereocenters. The van der Waals surface area contributed by atoms with Crippen LogP contribution in [0.15, 0.2) is 53.9 Å². The van der Waals surface area contributed by atoms with Gasteiger partial charge in [-0.3, -0.25) is 9.55 Å². The van der Waals surface area contributed by atoms with Crippen molar-refractivity contribution in [1.29, 1.82) is 0 Å². The summed E-state index contributed by atoms with van der Waals surface area (Å²) in [5.74, 6) is 2.56. The number of likely N-dealkylation sites (tertiary alicyclic amines) is 1. The molecule has 0 amide bonds. The summed E-state index contributed by atoms with van der Waals surface area (Å²) in [6.45, 7) is 3.49. The van der Waals surface area contributed by atoms with Gasteiger partial charge in [0.1, 0.15) is 5.75 Å². The Morgan fingerprint density at radius 1 is 1.04 bits per heavy atom. The highest BCUT2D eigenvalue weighted by atomic mass is 32.2. The van der Waals surface area contributed by atoms with Crippen LogP contribution in [0, 0.1) is 0 Å². The van der Waals surface area contributed by atoms with Crippen molar-refractivity contribution in [2.75, 3.05) is 32.5 Å². The van der Waals surface area contributed by atoms with E-state index in [0.29, 0.717) is 0 Å². The van der Waals surface area contributed by atoms with Gasteiger partial charge in [-0.1, -0.05) is 30.3 Å². The number of aromatic nitrogens is 4. The van der Waals surface area contributed by atoms with E-state index >= 15 is 0 Å². The summed E-state index contributed by atoms with van der Waals surface area (Å²) in [6, 6.07) is 11.9. The van der Waals surface area contributed by atoms with Crippen LogP contribution in [0.4, 0.5) is 0 Å². The van der Waals surface area contributed by atoms with E-state index in [9.17, 15) is 0 Å². The number of piperidine rings is 1. The van der Waals surface area contributed by atoms with E-state index in [1.165, 1.54) is 32.4 Å². The van der Waals surface area contributed by atoms with Gasteiger partial charge in [-0.05, 0) is 50.2 Å². The van der Waals surface area contributed by atoms with Gasteiger partial charge in [0, 0.05) is 30.3 Å². The molecule has 1 aromatic carbocycles. The maximum absolute atomic E-state index is 5.61. The molecule has 7 heteroatoms. The highest BCUT2D eigenvalue weighted by molar-refractivity contribution is 7.99. The van der Waals surface area contributed by atoms with E-state index in [1.54, 1.807) is 25.1 Å². The van der Waals surface area contributed by atoms with Crippen LogP contribution in [0.3, 0.4) is 0 Å². The van der Waals surface area contributed by atoms with Crippen LogP contribution in [0.5, 0.6) is 5.75 Å². The molecular weight excluding hydrogens is 370 g/mol. The molecule has 28 heavy (non-hydrogen) atoms. The highest BCUT2D eigenvalue weighted by Gasteiger charge is 2.19. The Labute approximate surface area is 170 Å². The van der Waals surface area contributed by atoms with Gasteiger partial charge in [0.2, 0.25) is 0 Å². The second kappa shape index (κ2) is 9.21. The topological polar surface area (TPSA) is 56.1 Å². The Morgan fingerprint density at radius 2 is 1.89 bits per heavy atom. The molecule has 1 aliphatic rings. The SMILES string of the molecule is COc1ccccc1-n1c(SCCN2CCCCC2)nnc1-c1cccnc1. The van der Waals surface area contributed by atoms with E-state index in [2.05, 4.69) is 24.6 Å². The Balaban J connectivity index is 1.63. The van der Waals surface area contributed by atoms with E-state index in [0.717, 1.165) is 40.3 Å². The van der Waals surface area contributed by atoms with Crippen LogP contribution >= 0.6 is 11.8 Å². The molecule has 1 fully saturated rings. The molecule has 2 aromatic heterocycles. The zero-order valence-corrected chi connectivity index (χ0v) is 16.9. The lowest BCUT2D eigenvalue weighted by molar-refractivity contribution is 0.242. The number of rotatable bonds is 7. The van der Waals surface area contributed by atoms with Gasteiger partial charge >= 0.3 is 0 Å². The van der Waals surface area contributed by atoms with Crippen molar-refractivity contribution >= 4 is 11.8 Å². The fraction of sp³-hybridized carbons (Fsp3) is 0.381. The molecule has 1 aliphatic heterocycles. The Bertz CT molecular complexity index is 893. The van der Waals surface area contributed by atoms with E-state index in [1.807, 2.05) is 42.6 Å². The highest BCUT2D eigenvalue weighted by Crippen LogP contribution is 2.32. The molecule has 0 saturated carbocycles. The summed E-state index contributed by atoms with van der Waals surface area (Å²) in [7, 11) is 1.69. The summed E-state index contributed by atoms with van der Waals surface area (Å²) < 4.78 is 7.69. The fourth-order valence-corrected chi connectivity index (χ4v) is 4.47. The molecular formula is C21H25N5OS. The summed E-state index contributed by atoms with van der Waals surface area (Å²) in [5, 5.41) is 9.86. The van der Waals surface area contributed by atoms with E-state index < -0.39 is 0 Å². The van der Waals surface area contributed by atoms with Crippen molar-refractivity contribution in [3.63, 3.8) is 0 Å². The van der Waals surface area contributed by atoms with E-state index in [-0.39, 0.29) is 0 Å². The third kappa shape index (κ3) is 4.20. The van der Waals surface area contributed by atoms with Crippen LogP contribution in [-0.4, -0.2) is 57.1 Å². The molecule has 0 N–H and O–H groups in total. The van der Waals surface area contributed by atoms with Crippen molar-refractivity contribution < 1.29 is 4.74 Å². The minimum Gasteiger partial charge on any atom is -0.495 e. The first-order valence-corrected chi connectivity index (χ1v) is 10.7. The van der Waals surface area contributed by atoms with Crippen LogP contribution in [0.1, 0.15) is 19.3 Å². The molecule has 4 rings (SSSR count). The average molecular weight is 396 g/mol. The lowest BCUT2D eigenvalue weighted by atomic mass is 10.1. The number of benzene rings is 1. The van der Waals surface area contributed by atoms with Gasteiger partial charge in [-0.15, -0.1) is 10.2 Å². The third-order valence-corrected chi connectivity index (χ3v) is 5.88. The minimum atomic E-state index is 0.776. The van der Waals surface area contributed by atoms with E-state index in [4.69, 9.17) is 4.74 Å². The maximum Gasteiger partial charge on any atom is 0.196 e. The molecule has 0 unspecified atom stereocenters. The second-order valence-electron chi connectivity index (χ2n) is 6.81. The number of para-hydroxylation sites is 2. The summed E-state index contributed by atoms with van der Waals surface area (Å²) >= 11 is 1.74.